The summed E-state index contributed by atoms with van der Waals surface area (Å²) in [7, 11) is 1.71. The van der Waals surface area contributed by atoms with Crippen LogP contribution in [0, 0.1) is 4.84 Å². The second kappa shape index (κ2) is 6.71. The molecule has 9 heteroatoms. The Bertz CT molecular complexity index is 882. The lowest BCUT2D eigenvalue weighted by Gasteiger charge is -2.05. The van der Waals surface area contributed by atoms with Crippen molar-refractivity contribution in [2.75, 3.05) is 5.73 Å². The van der Waals surface area contributed by atoms with E-state index in [9.17, 15) is 0 Å². The standard InChI is InChI=1S/C14H13N5O2S2/c1-19-12(17-14(22)21-19)11(9-5-3-2-4-6-9)18-20-7-10-8-23-13(15)16-10/h2-6,8H,7H2,1H3,(H2,15,16). The van der Waals surface area contributed by atoms with Crippen LogP contribution in [0.4, 0.5) is 5.13 Å². The van der Waals surface area contributed by atoms with E-state index in [0.717, 1.165) is 11.3 Å². The van der Waals surface area contributed by atoms with Gasteiger partial charge in [-0.15, -0.1) is 11.3 Å². The molecule has 0 aliphatic carbocycles. The summed E-state index contributed by atoms with van der Waals surface area (Å²) in [5, 5.41) is 6.51. The second-order valence-electron chi connectivity index (χ2n) is 4.55. The molecular weight excluding hydrogens is 334 g/mol. The van der Waals surface area contributed by atoms with Gasteiger partial charge in [-0.05, 0) is 12.2 Å². The molecule has 2 heterocycles. The second-order valence-corrected chi connectivity index (χ2v) is 5.79. The Hall–Kier alpha value is -2.52. The van der Waals surface area contributed by atoms with Gasteiger partial charge in [-0.2, -0.15) is 9.72 Å². The molecule has 0 fully saturated rings. The van der Waals surface area contributed by atoms with Crippen molar-refractivity contribution < 1.29 is 9.36 Å². The summed E-state index contributed by atoms with van der Waals surface area (Å²) in [6, 6.07) is 9.53. The van der Waals surface area contributed by atoms with E-state index in [4.69, 9.17) is 27.3 Å². The van der Waals surface area contributed by atoms with E-state index < -0.39 is 0 Å². The average molecular weight is 347 g/mol. The van der Waals surface area contributed by atoms with E-state index in [2.05, 4.69) is 15.1 Å². The van der Waals surface area contributed by atoms with Crippen LogP contribution in [0.1, 0.15) is 17.1 Å². The van der Waals surface area contributed by atoms with Crippen molar-refractivity contribution in [1.29, 1.82) is 0 Å². The van der Waals surface area contributed by atoms with Crippen LogP contribution in [-0.4, -0.2) is 20.4 Å². The van der Waals surface area contributed by atoms with Gasteiger partial charge < -0.3 is 15.1 Å². The Balaban J connectivity index is 1.90. The van der Waals surface area contributed by atoms with Crippen molar-refractivity contribution in [2.45, 2.75) is 6.61 Å². The lowest BCUT2D eigenvalue weighted by molar-refractivity contribution is 0.128. The zero-order valence-corrected chi connectivity index (χ0v) is 13.8. The Morgan fingerprint density at radius 2 is 2.17 bits per heavy atom. The molecule has 0 atom stereocenters. The first-order chi connectivity index (χ1) is 11.1. The smallest absolute Gasteiger partial charge is 0.314 e. The predicted octanol–water partition coefficient (Wildman–Crippen LogP) is 2.75. The highest BCUT2D eigenvalue weighted by molar-refractivity contribution is 7.71. The molecule has 0 aliphatic rings. The maximum Gasteiger partial charge on any atom is 0.314 e. The largest absolute Gasteiger partial charge is 0.389 e. The first-order valence-electron chi connectivity index (χ1n) is 6.63. The first kappa shape index (κ1) is 15.4. The number of nitrogens with zero attached hydrogens (tertiary/aromatic N) is 4. The fourth-order valence-corrected chi connectivity index (χ4v) is 2.66. The Kier molecular flexibility index (Phi) is 4.49. The van der Waals surface area contributed by atoms with Crippen molar-refractivity contribution >= 4 is 34.4 Å². The fraction of sp³-hybridized carbons (Fsp3) is 0.143. The van der Waals surface area contributed by atoms with Gasteiger partial charge in [0.05, 0.1) is 5.69 Å². The first-order valence-corrected chi connectivity index (χ1v) is 7.92. The molecule has 2 N–H and O–H groups in total. The summed E-state index contributed by atoms with van der Waals surface area (Å²) in [5.74, 6) is 0.485. The molecule has 118 valence electrons. The summed E-state index contributed by atoms with van der Waals surface area (Å²) in [6.07, 6.45) is 0. The van der Waals surface area contributed by atoms with Crippen LogP contribution in [0.3, 0.4) is 0 Å². The van der Waals surface area contributed by atoms with Gasteiger partial charge in [-0.25, -0.2) is 4.98 Å². The molecule has 0 aliphatic heterocycles. The van der Waals surface area contributed by atoms with E-state index in [0.29, 0.717) is 16.7 Å². The SMILES string of the molecule is Cn1oc(=S)nc1C(=NOCc1csc(N)n1)c1ccccc1. The molecule has 0 amide bonds. The van der Waals surface area contributed by atoms with Crippen molar-refractivity contribution in [3.05, 3.63) is 57.6 Å². The maximum atomic E-state index is 5.59. The molecule has 0 saturated heterocycles. The van der Waals surface area contributed by atoms with Gasteiger partial charge in [0.15, 0.2) is 23.3 Å². The van der Waals surface area contributed by atoms with Crippen LogP contribution in [0.5, 0.6) is 0 Å². The molecule has 0 bridgehead atoms. The van der Waals surface area contributed by atoms with Gasteiger partial charge >= 0.3 is 4.84 Å². The number of thiazole rings is 1. The number of hydrogen-bond acceptors (Lipinski definition) is 8. The van der Waals surface area contributed by atoms with Crippen LogP contribution >= 0.6 is 23.6 Å². The average Bonchev–Trinajstić information content (AvgIpc) is 3.10. The number of aryl methyl sites for hydroxylation is 1. The number of hydrogen-bond donors (Lipinski definition) is 1. The summed E-state index contributed by atoms with van der Waals surface area (Å²) in [5.41, 5.74) is 7.67. The van der Waals surface area contributed by atoms with E-state index in [-0.39, 0.29) is 11.4 Å². The molecule has 2 aromatic heterocycles. The third-order valence-corrected chi connectivity index (χ3v) is 3.80. The van der Waals surface area contributed by atoms with Crippen LogP contribution in [-0.2, 0) is 18.5 Å². The number of oxime groups is 1. The molecule has 0 unspecified atom stereocenters. The number of nitrogens with two attached hydrogens (primary N) is 1. The van der Waals surface area contributed by atoms with Crippen molar-refractivity contribution in [2.24, 2.45) is 12.2 Å². The summed E-state index contributed by atoms with van der Waals surface area (Å²) < 4.78 is 6.70. The van der Waals surface area contributed by atoms with Crippen LogP contribution in [0.2, 0.25) is 0 Å². The molecule has 0 saturated carbocycles. The minimum absolute atomic E-state index is 0.137. The van der Waals surface area contributed by atoms with Gasteiger partial charge in [0.1, 0.15) is 0 Å². The molecule has 3 aromatic rings. The lowest BCUT2D eigenvalue weighted by Crippen LogP contribution is -2.11. The maximum absolute atomic E-state index is 5.59. The monoisotopic (exact) mass is 347 g/mol. The fourth-order valence-electron chi connectivity index (χ4n) is 1.91. The summed E-state index contributed by atoms with van der Waals surface area (Å²) >= 11 is 6.32. The Labute approximate surface area is 141 Å². The molecule has 1 aromatic carbocycles. The summed E-state index contributed by atoms with van der Waals surface area (Å²) in [4.78, 5) is 13.9. The molecular formula is C14H13N5O2S2. The normalized spacial score (nSPS) is 11.6. The number of anilines is 1. The Morgan fingerprint density at radius 3 is 2.78 bits per heavy atom. The minimum Gasteiger partial charge on any atom is -0.389 e. The van der Waals surface area contributed by atoms with Crippen molar-refractivity contribution in [1.82, 2.24) is 14.7 Å². The van der Waals surface area contributed by atoms with Gasteiger partial charge in [0, 0.05) is 18.0 Å². The third kappa shape index (κ3) is 3.63. The number of benzene rings is 1. The quantitative estimate of drug-likeness (QED) is 0.433. The summed E-state index contributed by atoms with van der Waals surface area (Å²) in [6.45, 7) is 0.215. The minimum atomic E-state index is 0.137. The van der Waals surface area contributed by atoms with Gasteiger partial charge in [0.2, 0.25) is 0 Å². The van der Waals surface area contributed by atoms with Crippen LogP contribution in [0.25, 0.3) is 0 Å². The highest BCUT2D eigenvalue weighted by Crippen LogP contribution is 2.13. The van der Waals surface area contributed by atoms with Crippen LogP contribution in [0.15, 0.2) is 45.4 Å². The zero-order chi connectivity index (χ0) is 16.2. The van der Waals surface area contributed by atoms with Gasteiger partial charge in [-0.1, -0.05) is 35.5 Å². The van der Waals surface area contributed by atoms with Crippen LogP contribution < -0.4 is 5.73 Å². The molecule has 23 heavy (non-hydrogen) atoms. The highest BCUT2D eigenvalue weighted by atomic mass is 32.1. The van der Waals surface area contributed by atoms with Gasteiger partial charge in [-0.3, -0.25) is 0 Å². The topological polar surface area (TPSA) is 91.5 Å². The molecule has 0 spiro atoms. The molecule has 0 radical (unpaired) electrons. The van der Waals surface area contributed by atoms with E-state index in [1.165, 1.54) is 16.1 Å². The van der Waals surface area contributed by atoms with E-state index >= 15 is 0 Å². The number of nitrogen functional groups attached to an aromatic ring is 1. The predicted molar refractivity (Wildman–Crippen MR) is 89.7 cm³/mol. The van der Waals surface area contributed by atoms with Crippen molar-refractivity contribution in [3.8, 4) is 0 Å². The van der Waals surface area contributed by atoms with Gasteiger partial charge in [0.25, 0.3) is 0 Å². The zero-order valence-electron chi connectivity index (χ0n) is 12.2. The third-order valence-electron chi connectivity index (χ3n) is 2.91. The number of rotatable bonds is 5. The van der Waals surface area contributed by atoms with Crippen molar-refractivity contribution in [3.63, 3.8) is 0 Å². The molecule has 7 nitrogen and oxygen atoms in total. The van der Waals surface area contributed by atoms with E-state index in [1.807, 2.05) is 35.7 Å². The highest BCUT2D eigenvalue weighted by Gasteiger charge is 2.15. The number of aromatic nitrogens is 3. The Morgan fingerprint density at radius 1 is 1.39 bits per heavy atom. The van der Waals surface area contributed by atoms with E-state index in [1.54, 1.807) is 7.05 Å². The lowest BCUT2D eigenvalue weighted by atomic mass is 10.1. The molecule has 3 rings (SSSR count).